The van der Waals surface area contributed by atoms with Gasteiger partial charge in [0.15, 0.2) is 0 Å². The second-order valence-corrected chi connectivity index (χ2v) is 4.71. The monoisotopic (exact) mass is 331 g/mol. The molecule has 0 atom stereocenters. The highest BCUT2D eigenvalue weighted by Gasteiger charge is 2.30. The first kappa shape index (κ1) is 19.2. The van der Waals surface area contributed by atoms with Crippen molar-refractivity contribution in [2.45, 2.75) is 12.6 Å². The van der Waals surface area contributed by atoms with Crippen molar-refractivity contribution in [3.05, 3.63) is 41.5 Å². The number of carbonyl (C=O) groups excluding carboxylic acids is 1. The van der Waals surface area contributed by atoms with Crippen molar-refractivity contribution in [3.63, 3.8) is 0 Å². The Morgan fingerprint density at radius 2 is 2.04 bits per heavy atom. The van der Waals surface area contributed by atoms with Crippen LogP contribution in [0.3, 0.4) is 0 Å². The zero-order valence-electron chi connectivity index (χ0n) is 12.9. The Morgan fingerprint density at radius 3 is 2.74 bits per heavy atom. The molecule has 0 saturated heterocycles. The number of amides is 1. The molecule has 0 aliphatic carbocycles. The predicted molar refractivity (Wildman–Crippen MR) is 80.8 cm³/mol. The SMILES string of the molecule is COCCOCCCNC(=O)/C=C/c1cccc(C(F)(F)F)c1. The summed E-state index contributed by atoms with van der Waals surface area (Å²) in [6, 6.07) is 4.79. The predicted octanol–water partition coefficient (Wildman–Crippen LogP) is 2.89. The van der Waals surface area contributed by atoms with Crippen LogP contribution in [0.15, 0.2) is 30.3 Å². The molecule has 23 heavy (non-hydrogen) atoms. The normalized spacial score (nSPS) is 11.8. The van der Waals surface area contributed by atoms with Gasteiger partial charge in [0.25, 0.3) is 0 Å². The molecule has 0 bridgehead atoms. The third kappa shape index (κ3) is 8.37. The maximum absolute atomic E-state index is 12.6. The van der Waals surface area contributed by atoms with E-state index in [0.29, 0.717) is 38.3 Å². The van der Waals surface area contributed by atoms with E-state index >= 15 is 0 Å². The summed E-state index contributed by atoms with van der Waals surface area (Å²) in [5.74, 6) is -0.362. The lowest BCUT2D eigenvalue weighted by Crippen LogP contribution is -2.23. The van der Waals surface area contributed by atoms with E-state index in [1.165, 1.54) is 24.3 Å². The summed E-state index contributed by atoms with van der Waals surface area (Å²) >= 11 is 0. The Morgan fingerprint density at radius 1 is 1.26 bits per heavy atom. The van der Waals surface area contributed by atoms with Crippen molar-refractivity contribution in [3.8, 4) is 0 Å². The van der Waals surface area contributed by atoms with E-state index in [9.17, 15) is 18.0 Å². The van der Waals surface area contributed by atoms with E-state index in [1.54, 1.807) is 7.11 Å². The van der Waals surface area contributed by atoms with Crippen molar-refractivity contribution in [2.75, 3.05) is 33.5 Å². The molecule has 0 unspecified atom stereocenters. The summed E-state index contributed by atoms with van der Waals surface area (Å²) in [5, 5.41) is 2.63. The minimum Gasteiger partial charge on any atom is -0.382 e. The number of nitrogens with one attached hydrogen (secondary N) is 1. The summed E-state index contributed by atoms with van der Waals surface area (Å²) in [4.78, 5) is 11.6. The molecule has 0 aliphatic heterocycles. The molecular formula is C16H20F3NO3. The van der Waals surface area contributed by atoms with Gasteiger partial charge in [0, 0.05) is 26.3 Å². The van der Waals surface area contributed by atoms with Gasteiger partial charge in [-0.1, -0.05) is 12.1 Å². The Bertz CT molecular complexity index is 516. The Balaban J connectivity index is 2.33. The minimum absolute atomic E-state index is 0.317. The Labute approximate surface area is 133 Å². The summed E-state index contributed by atoms with van der Waals surface area (Å²) in [6.07, 6.45) is -1.19. The van der Waals surface area contributed by atoms with Crippen LogP contribution in [-0.4, -0.2) is 39.4 Å². The topological polar surface area (TPSA) is 47.6 Å². The molecule has 0 fully saturated rings. The van der Waals surface area contributed by atoms with E-state index < -0.39 is 11.7 Å². The molecule has 7 heteroatoms. The summed E-state index contributed by atoms with van der Waals surface area (Å²) < 4.78 is 47.7. The fraction of sp³-hybridized carbons (Fsp3) is 0.438. The van der Waals surface area contributed by atoms with E-state index in [-0.39, 0.29) is 5.91 Å². The van der Waals surface area contributed by atoms with Gasteiger partial charge >= 0.3 is 6.18 Å². The van der Waals surface area contributed by atoms with Crippen molar-refractivity contribution < 1.29 is 27.4 Å². The molecule has 1 aromatic rings. The molecule has 0 radical (unpaired) electrons. The molecule has 0 spiro atoms. The highest BCUT2D eigenvalue weighted by molar-refractivity contribution is 5.91. The molecule has 1 rings (SSSR count). The van der Waals surface area contributed by atoms with Crippen LogP contribution in [0.2, 0.25) is 0 Å². The van der Waals surface area contributed by atoms with Gasteiger partial charge in [0.05, 0.1) is 18.8 Å². The van der Waals surface area contributed by atoms with E-state index in [0.717, 1.165) is 12.1 Å². The smallest absolute Gasteiger partial charge is 0.382 e. The quantitative estimate of drug-likeness (QED) is 0.559. The highest BCUT2D eigenvalue weighted by atomic mass is 19.4. The molecule has 0 saturated carbocycles. The third-order valence-electron chi connectivity index (χ3n) is 2.84. The zero-order chi connectivity index (χ0) is 17.1. The number of hydrogen-bond donors (Lipinski definition) is 1. The molecule has 4 nitrogen and oxygen atoms in total. The van der Waals surface area contributed by atoms with Gasteiger partial charge in [0.2, 0.25) is 5.91 Å². The van der Waals surface area contributed by atoms with Crippen LogP contribution in [0.25, 0.3) is 6.08 Å². The Kier molecular flexibility index (Phi) is 8.36. The van der Waals surface area contributed by atoms with Gasteiger partial charge < -0.3 is 14.8 Å². The number of alkyl halides is 3. The second-order valence-electron chi connectivity index (χ2n) is 4.71. The summed E-state index contributed by atoms with van der Waals surface area (Å²) in [7, 11) is 1.58. The number of ether oxygens (including phenoxy) is 2. The number of methoxy groups -OCH3 is 1. The van der Waals surface area contributed by atoms with Crippen LogP contribution >= 0.6 is 0 Å². The maximum atomic E-state index is 12.6. The van der Waals surface area contributed by atoms with E-state index in [2.05, 4.69) is 5.32 Å². The van der Waals surface area contributed by atoms with Gasteiger partial charge in [-0.2, -0.15) is 13.2 Å². The first-order chi connectivity index (χ1) is 10.9. The molecule has 1 aromatic carbocycles. The van der Waals surface area contributed by atoms with Gasteiger partial charge in [-0.3, -0.25) is 4.79 Å². The van der Waals surface area contributed by atoms with Crippen LogP contribution in [0.1, 0.15) is 17.5 Å². The fourth-order valence-corrected chi connectivity index (χ4v) is 1.68. The number of benzene rings is 1. The lowest BCUT2D eigenvalue weighted by Gasteiger charge is -2.06. The Hall–Kier alpha value is -1.86. The maximum Gasteiger partial charge on any atom is 0.416 e. The standard InChI is InChI=1S/C16H20F3NO3/c1-22-10-11-23-9-3-8-20-15(21)7-6-13-4-2-5-14(12-13)16(17,18)19/h2,4-7,12H,3,8-11H2,1H3,(H,20,21)/b7-6+. The van der Waals surface area contributed by atoms with E-state index in [4.69, 9.17) is 9.47 Å². The van der Waals surface area contributed by atoms with Gasteiger partial charge in [-0.25, -0.2) is 0 Å². The molecule has 0 heterocycles. The third-order valence-corrected chi connectivity index (χ3v) is 2.84. The van der Waals surface area contributed by atoms with Crippen LogP contribution in [-0.2, 0) is 20.4 Å². The second kappa shape index (κ2) is 10.0. The van der Waals surface area contributed by atoms with Crippen molar-refractivity contribution >= 4 is 12.0 Å². The lowest BCUT2D eigenvalue weighted by atomic mass is 10.1. The van der Waals surface area contributed by atoms with Gasteiger partial charge in [-0.05, 0) is 30.2 Å². The van der Waals surface area contributed by atoms with Gasteiger partial charge in [-0.15, -0.1) is 0 Å². The van der Waals surface area contributed by atoms with Crippen molar-refractivity contribution in [1.82, 2.24) is 5.32 Å². The first-order valence-corrected chi connectivity index (χ1v) is 7.13. The largest absolute Gasteiger partial charge is 0.416 e. The molecule has 1 N–H and O–H groups in total. The van der Waals surface area contributed by atoms with Crippen molar-refractivity contribution in [2.24, 2.45) is 0 Å². The minimum atomic E-state index is -4.39. The van der Waals surface area contributed by atoms with Crippen molar-refractivity contribution in [1.29, 1.82) is 0 Å². The molecular weight excluding hydrogens is 311 g/mol. The zero-order valence-corrected chi connectivity index (χ0v) is 12.9. The number of hydrogen-bond acceptors (Lipinski definition) is 3. The van der Waals surface area contributed by atoms with Crippen LogP contribution in [0, 0.1) is 0 Å². The average molecular weight is 331 g/mol. The first-order valence-electron chi connectivity index (χ1n) is 7.13. The van der Waals surface area contributed by atoms with Crippen LogP contribution in [0.4, 0.5) is 13.2 Å². The molecule has 0 aromatic heterocycles. The lowest BCUT2D eigenvalue weighted by molar-refractivity contribution is -0.137. The molecule has 0 aliphatic rings. The van der Waals surface area contributed by atoms with Crippen LogP contribution in [0.5, 0.6) is 0 Å². The molecule has 1 amide bonds. The van der Waals surface area contributed by atoms with Gasteiger partial charge in [0.1, 0.15) is 0 Å². The number of carbonyl (C=O) groups is 1. The highest BCUT2D eigenvalue weighted by Crippen LogP contribution is 2.29. The van der Waals surface area contributed by atoms with E-state index in [1.807, 2.05) is 0 Å². The fourth-order valence-electron chi connectivity index (χ4n) is 1.68. The summed E-state index contributed by atoms with van der Waals surface area (Å²) in [6.45, 7) is 1.95. The summed E-state index contributed by atoms with van der Waals surface area (Å²) in [5.41, 5.74) is -0.425. The molecule has 128 valence electrons. The number of halogens is 3. The average Bonchev–Trinajstić information content (AvgIpc) is 2.51. The van der Waals surface area contributed by atoms with Crippen LogP contribution < -0.4 is 5.32 Å². The number of rotatable bonds is 9.